The number of rotatable bonds is 3. The zero-order valence-electron chi connectivity index (χ0n) is 11.1. The van der Waals surface area contributed by atoms with E-state index in [0.29, 0.717) is 22.3 Å². The van der Waals surface area contributed by atoms with Gasteiger partial charge in [0.2, 0.25) is 0 Å². The van der Waals surface area contributed by atoms with Crippen molar-refractivity contribution >= 4 is 27.4 Å². The number of Topliss-reactive ketones (excluding diaryl/α,β-unsaturated/α-hetero) is 1. The van der Waals surface area contributed by atoms with Gasteiger partial charge in [0.15, 0.2) is 11.9 Å². The maximum absolute atomic E-state index is 13.3. The standard InChI is InChI=1S/C16H13BrFNO2/c17-11-5-10(6-12(18)8-11)7-14(20)16-9-19-13-3-1-2-4-15(13)21-16/h1-6,8,16,19H,7,9H2. The van der Waals surface area contributed by atoms with E-state index in [4.69, 9.17) is 4.74 Å². The number of carbonyl (C=O) groups excluding carboxylic acids is 1. The monoisotopic (exact) mass is 349 g/mol. The molecule has 1 atom stereocenters. The van der Waals surface area contributed by atoms with Crippen molar-refractivity contribution in [1.29, 1.82) is 0 Å². The van der Waals surface area contributed by atoms with Gasteiger partial charge in [-0.2, -0.15) is 0 Å². The molecule has 0 saturated heterocycles. The number of ketones is 1. The molecule has 108 valence electrons. The molecule has 2 aromatic rings. The fraction of sp³-hybridized carbons (Fsp3) is 0.188. The van der Waals surface area contributed by atoms with E-state index in [1.54, 1.807) is 6.07 Å². The number of anilines is 1. The fourth-order valence-electron chi connectivity index (χ4n) is 2.32. The normalized spacial score (nSPS) is 16.6. The Kier molecular flexibility index (Phi) is 3.92. The van der Waals surface area contributed by atoms with Crippen molar-refractivity contribution in [2.75, 3.05) is 11.9 Å². The molecule has 2 aromatic carbocycles. The molecule has 1 aliphatic rings. The summed E-state index contributed by atoms with van der Waals surface area (Å²) < 4.78 is 19.7. The van der Waals surface area contributed by atoms with E-state index in [9.17, 15) is 9.18 Å². The molecule has 3 nitrogen and oxygen atoms in total. The van der Waals surface area contributed by atoms with Crippen LogP contribution in [0.2, 0.25) is 0 Å². The molecule has 0 spiro atoms. The minimum absolute atomic E-state index is 0.0745. The summed E-state index contributed by atoms with van der Waals surface area (Å²) in [5.74, 6) is 0.234. The molecule has 5 heteroatoms. The summed E-state index contributed by atoms with van der Waals surface area (Å²) in [4.78, 5) is 12.3. The first-order chi connectivity index (χ1) is 10.1. The van der Waals surface area contributed by atoms with Gasteiger partial charge in [-0.1, -0.05) is 28.1 Å². The molecule has 1 aliphatic heterocycles. The van der Waals surface area contributed by atoms with Gasteiger partial charge in [0, 0.05) is 10.9 Å². The van der Waals surface area contributed by atoms with Crippen LogP contribution in [0.3, 0.4) is 0 Å². The Morgan fingerprint density at radius 3 is 2.95 bits per heavy atom. The lowest BCUT2D eigenvalue weighted by atomic mass is 10.0. The SMILES string of the molecule is O=C(Cc1cc(F)cc(Br)c1)C1CNc2ccccc2O1. The third-order valence-electron chi connectivity index (χ3n) is 3.29. The molecular weight excluding hydrogens is 337 g/mol. The highest BCUT2D eigenvalue weighted by molar-refractivity contribution is 9.10. The van der Waals surface area contributed by atoms with Crippen LogP contribution in [0.25, 0.3) is 0 Å². The molecule has 1 N–H and O–H groups in total. The smallest absolute Gasteiger partial charge is 0.179 e. The number of halogens is 2. The second kappa shape index (κ2) is 5.85. The molecule has 0 bridgehead atoms. The van der Waals surface area contributed by atoms with Crippen LogP contribution in [-0.2, 0) is 11.2 Å². The number of hydrogen-bond donors (Lipinski definition) is 1. The first-order valence-electron chi connectivity index (χ1n) is 6.59. The van der Waals surface area contributed by atoms with E-state index in [2.05, 4.69) is 21.2 Å². The van der Waals surface area contributed by atoms with Crippen molar-refractivity contribution in [3.8, 4) is 5.75 Å². The summed E-state index contributed by atoms with van der Waals surface area (Å²) in [5.41, 5.74) is 1.52. The molecule has 0 radical (unpaired) electrons. The van der Waals surface area contributed by atoms with Gasteiger partial charge >= 0.3 is 0 Å². The molecule has 3 rings (SSSR count). The van der Waals surface area contributed by atoms with E-state index in [-0.39, 0.29) is 18.0 Å². The molecule has 0 saturated carbocycles. The van der Waals surface area contributed by atoms with Crippen LogP contribution in [0.1, 0.15) is 5.56 Å². The number of benzene rings is 2. The molecular formula is C16H13BrFNO2. The van der Waals surface area contributed by atoms with Gasteiger partial charge in [0.05, 0.1) is 12.2 Å². The van der Waals surface area contributed by atoms with Crippen LogP contribution in [0.15, 0.2) is 46.9 Å². The maximum atomic E-state index is 13.3. The average Bonchev–Trinajstić information content (AvgIpc) is 2.45. The van der Waals surface area contributed by atoms with Gasteiger partial charge in [-0.05, 0) is 35.9 Å². The van der Waals surface area contributed by atoms with Crippen LogP contribution in [-0.4, -0.2) is 18.4 Å². The Balaban J connectivity index is 1.72. The second-order valence-corrected chi connectivity index (χ2v) is 5.82. The molecule has 0 aromatic heterocycles. The van der Waals surface area contributed by atoms with Gasteiger partial charge in [0.1, 0.15) is 11.6 Å². The van der Waals surface area contributed by atoms with E-state index in [1.807, 2.05) is 24.3 Å². The summed E-state index contributed by atoms with van der Waals surface area (Å²) in [6, 6.07) is 12.0. The van der Waals surface area contributed by atoms with E-state index < -0.39 is 6.10 Å². The molecule has 21 heavy (non-hydrogen) atoms. The lowest BCUT2D eigenvalue weighted by Crippen LogP contribution is -2.38. The van der Waals surface area contributed by atoms with Gasteiger partial charge in [-0.15, -0.1) is 0 Å². The predicted molar refractivity (Wildman–Crippen MR) is 82.2 cm³/mol. The summed E-state index contributed by atoms with van der Waals surface area (Å²) in [6.45, 7) is 0.423. The highest BCUT2D eigenvalue weighted by atomic mass is 79.9. The third-order valence-corrected chi connectivity index (χ3v) is 3.75. The maximum Gasteiger partial charge on any atom is 0.179 e. The molecule has 0 amide bonds. The second-order valence-electron chi connectivity index (χ2n) is 4.90. The Morgan fingerprint density at radius 1 is 1.33 bits per heavy atom. The van der Waals surface area contributed by atoms with Gasteiger partial charge in [0.25, 0.3) is 0 Å². The Labute approximate surface area is 130 Å². The fourth-order valence-corrected chi connectivity index (χ4v) is 2.83. The van der Waals surface area contributed by atoms with Crippen molar-refractivity contribution in [2.24, 2.45) is 0 Å². The van der Waals surface area contributed by atoms with Crippen LogP contribution >= 0.6 is 15.9 Å². The predicted octanol–water partition coefficient (Wildman–Crippen LogP) is 3.57. The number of para-hydroxylation sites is 2. The van der Waals surface area contributed by atoms with Gasteiger partial charge in [-0.3, -0.25) is 4.79 Å². The van der Waals surface area contributed by atoms with E-state index in [1.165, 1.54) is 12.1 Å². The number of carbonyl (C=O) groups is 1. The summed E-state index contributed by atoms with van der Waals surface area (Å²) in [7, 11) is 0. The third kappa shape index (κ3) is 3.24. The number of fused-ring (bicyclic) bond motifs is 1. The van der Waals surface area contributed by atoms with E-state index >= 15 is 0 Å². The average molecular weight is 350 g/mol. The number of ether oxygens (including phenoxy) is 1. The van der Waals surface area contributed by atoms with E-state index in [0.717, 1.165) is 5.69 Å². The molecule has 0 aliphatic carbocycles. The first kappa shape index (κ1) is 14.1. The quantitative estimate of drug-likeness (QED) is 0.920. The molecule has 1 heterocycles. The Bertz CT molecular complexity index is 669. The summed E-state index contributed by atoms with van der Waals surface area (Å²) >= 11 is 3.23. The van der Waals surface area contributed by atoms with Crippen LogP contribution in [0.5, 0.6) is 5.75 Å². The zero-order chi connectivity index (χ0) is 14.8. The highest BCUT2D eigenvalue weighted by Gasteiger charge is 2.25. The summed E-state index contributed by atoms with van der Waals surface area (Å²) in [6.07, 6.45) is -0.410. The first-order valence-corrected chi connectivity index (χ1v) is 7.38. The van der Waals surface area contributed by atoms with Crippen molar-refractivity contribution in [1.82, 2.24) is 0 Å². The van der Waals surface area contributed by atoms with Gasteiger partial charge in [-0.25, -0.2) is 4.39 Å². The van der Waals surface area contributed by atoms with Crippen molar-refractivity contribution in [3.05, 3.63) is 58.3 Å². The largest absolute Gasteiger partial charge is 0.479 e. The molecule has 1 unspecified atom stereocenters. The topological polar surface area (TPSA) is 38.3 Å². The molecule has 0 fully saturated rings. The minimum atomic E-state index is -0.554. The highest BCUT2D eigenvalue weighted by Crippen LogP contribution is 2.28. The zero-order valence-corrected chi connectivity index (χ0v) is 12.7. The lowest BCUT2D eigenvalue weighted by Gasteiger charge is -2.26. The van der Waals surface area contributed by atoms with Gasteiger partial charge < -0.3 is 10.1 Å². The van der Waals surface area contributed by atoms with Crippen molar-refractivity contribution in [3.63, 3.8) is 0 Å². The lowest BCUT2D eigenvalue weighted by molar-refractivity contribution is -0.124. The van der Waals surface area contributed by atoms with Crippen LogP contribution < -0.4 is 10.1 Å². The Hall–Kier alpha value is -1.88. The Morgan fingerprint density at radius 2 is 2.14 bits per heavy atom. The summed E-state index contributed by atoms with van der Waals surface area (Å²) in [5, 5.41) is 3.17. The van der Waals surface area contributed by atoms with Crippen molar-refractivity contribution in [2.45, 2.75) is 12.5 Å². The number of hydrogen-bond acceptors (Lipinski definition) is 3. The number of nitrogens with one attached hydrogen (secondary N) is 1. The van der Waals surface area contributed by atoms with Crippen LogP contribution in [0, 0.1) is 5.82 Å². The minimum Gasteiger partial charge on any atom is -0.479 e. The van der Waals surface area contributed by atoms with Crippen LogP contribution in [0.4, 0.5) is 10.1 Å². The van der Waals surface area contributed by atoms with Crippen molar-refractivity contribution < 1.29 is 13.9 Å².